The van der Waals surface area contributed by atoms with E-state index in [9.17, 15) is 0 Å². The Balaban J connectivity index is 2.28. The number of fused-ring (bicyclic) bond motifs is 1. The molecule has 0 radical (unpaired) electrons. The summed E-state index contributed by atoms with van der Waals surface area (Å²) in [5, 5.41) is 5.08. The number of hydrogen-bond acceptors (Lipinski definition) is 5. The van der Waals surface area contributed by atoms with Crippen LogP contribution in [-0.4, -0.2) is 17.0 Å². The van der Waals surface area contributed by atoms with Gasteiger partial charge in [0.2, 0.25) is 0 Å². The molecule has 0 saturated carbocycles. The van der Waals surface area contributed by atoms with E-state index in [1.807, 2.05) is 32.3 Å². The summed E-state index contributed by atoms with van der Waals surface area (Å²) in [5.74, 6) is 0. The summed E-state index contributed by atoms with van der Waals surface area (Å²) < 4.78 is 0. The highest BCUT2D eigenvalue weighted by Crippen LogP contribution is 2.36. The van der Waals surface area contributed by atoms with Crippen LogP contribution >= 0.6 is 11.3 Å². The van der Waals surface area contributed by atoms with Crippen molar-refractivity contribution in [2.45, 2.75) is 13.0 Å². The fourth-order valence-electron chi connectivity index (χ4n) is 2.24. The van der Waals surface area contributed by atoms with Gasteiger partial charge >= 0.3 is 0 Å². The average molecular weight is 284 g/mol. The molecule has 5 heteroatoms. The highest BCUT2D eigenvalue weighted by molar-refractivity contribution is 7.16. The fraction of sp³-hybridized carbons (Fsp3) is 0.200. The van der Waals surface area contributed by atoms with Gasteiger partial charge in [-0.3, -0.25) is 4.98 Å². The first-order valence-corrected chi connectivity index (χ1v) is 7.30. The number of nitrogens with one attached hydrogen (secondary N) is 1. The van der Waals surface area contributed by atoms with Gasteiger partial charge in [-0.15, -0.1) is 0 Å². The van der Waals surface area contributed by atoms with Gasteiger partial charge in [-0.25, -0.2) is 4.98 Å². The molecule has 2 heterocycles. The molecule has 0 bridgehead atoms. The molecule has 3 rings (SSSR count). The number of hydrogen-bond donors (Lipinski definition) is 2. The van der Waals surface area contributed by atoms with Crippen LogP contribution in [-0.2, 0) is 0 Å². The topological polar surface area (TPSA) is 63.8 Å². The summed E-state index contributed by atoms with van der Waals surface area (Å²) >= 11 is 1.60. The van der Waals surface area contributed by atoms with Gasteiger partial charge in [-0.2, -0.15) is 0 Å². The molecule has 4 nitrogen and oxygen atoms in total. The molecule has 20 heavy (non-hydrogen) atoms. The third-order valence-electron chi connectivity index (χ3n) is 3.17. The zero-order valence-corrected chi connectivity index (χ0v) is 12.2. The standard InChI is InChI=1S/C15H16N4S/c1-9(16)14-13(19-15(17-2)20-14)11-7-3-5-10-6-4-8-18-12(10)11/h3-9H,16H2,1-2H3,(H,17,19). The van der Waals surface area contributed by atoms with E-state index in [-0.39, 0.29) is 6.04 Å². The Morgan fingerprint density at radius 2 is 2.05 bits per heavy atom. The Bertz CT molecular complexity index is 743. The molecule has 0 fully saturated rings. The molecule has 0 saturated heterocycles. The normalized spacial score (nSPS) is 12.6. The minimum absolute atomic E-state index is 0.0523. The molecule has 1 aromatic carbocycles. The Kier molecular flexibility index (Phi) is 3.38. The molecular formula is C15H16N4S. The number of para-hydroxylation sites is 1. The highest BCUT2D eigenvalue weighted by Gasteiger charge is 2.17. The van der Waals surface area contributed by atoms with Gasteiger partial charge in [-0.1, -0.05) is 35.6 Å². The quantitative estimate of drug-likeness (QED) is 0.773. The number of thiazole rings is 1. The lowest BCUT2D eigenvalue weighted by Crippen LogP contribution is -2.04. The summed E-state index contributed by atoms with van der Waals surface area (Å²) in [6.07, 6.45) is 1.81. The second-order valence-electron chi connectivity index (χ2n) is 4.65. The van der Waals surface area contributed by atoms with Crippen molar-refractivity contribution in [2.24, 2.45) is 5.73 Å². The maximum Gasteiger partial charge on any atom is 0.183 e. The SMILES string of the molecule is CNc1nc(-c2cccc3cccnc23)c(C(C)N)s1. The monoisotopic (exact) mass is 284 g/mol. The van der Waals surface area contributed by atoms with E-state index in [2.05, 4.69) is 33.5 Å². The van der Waals surface area contributed by atoms with E-state index >= 15 is 0 Å². The van der Waals surface area contributed by atoms with E-state index in [4.69, 9.17) is 5.73 Å². The molecule has 2 aromatic heterocycles. The lowest BCUT2D eigenvalue weighted by Gasteiger charge is -2.07. The smallest absolute Gasteiger partial charge is 0.183 e. The van der Waals surface area contributed by atoms with Crippen LogP contribution in [0.25, 0.3) is 22.2 Å². The van der Waals surface area contributed by atoms with Gasteiger partial charge in [0, 0.05) is 30.2 Å². The molecule has 0 aliphatic rings. The van der Waals surface area contributed by atoms with Crippen molar-refractivity contribution in [2.75, 3.05) is 12.4 Å². The van der Waals surface area contributed by atoms with Crippen LogP contribution < -0.4 is 11.1 Å². The molecule has 3 aromatic rings. The maximum atomic E-state index is 6.09. The number of anilines is 1. The lowest BCUT2D eigenvalue weighted by atomic mass is 10.0. The van der Waals surface area contributed by atoms with Gasteiger partial charge in [0.15, 0.2) is 5.13 Å². The molecule has 0 aliphatic heterocycles. The average Bonchev–Trinajstić information content (AvgIpc) is 2.91. The first-order valence-electron chi connectivity index (χ1n) is 6.49. The first-order chi connectivity index (χ1) is 9.70. The number of aromatic nitrogens is 2. The Labute approximate surface area is 121 Å². The molecule has 1 unspecified atom stereocenters. The van der Waals surface area contributed by atoms with Crippen molar-refractivity contribution in [3.63, 3.8) is 0 Å². The minimum atomic E-state index is -0.0523. The van der Waals surface area contributed by atoms with Gasteiger partial charge in [-0.05, 0) is 13.0 Å². The number of nitrogens with two attached hydrogens (primary N) is 1. The van der Waals surface area contributed by atoms with Crippen molar-refractivity contribution < 1.29 is 0 Å². The van der Waals surface area contributed by atoms with Gasteiger partial charge in [0.05, 0.1) is 16.1 Å². The Morgan fingerprint density at radius 1 is 1.25 bits per heavy atom. The van der Waals surface area contributed by atoms with Crippen LogP contribution in [0.2, 0.25) is 0 Å². The summed E-state index contributed by atoms with van der Waals surface area (Å²) in [6, 6.07) is 10.1. The van der Waals surface area contributed by atoms with Crippen LogP contribution in [0.1, 0.15) is 17.8 Å². The molecule has 1 atom stereocenters. The second-order valence-corrected chi connectivity index (χ2v) is 5.68. The van der Waals surface area contributed by atoms with Crippen LogP contribution in [0.3, 0.4) is 0 Å². The van der Waals surface area contributed by atoms with E-state index < -0.39 is 0 Å². The number of pyridine rings is 1. The highest BCUT2D eigenvalue weighted by atomic mass is 32.1. The largest absolute Gasteiger partial charge is 0.365 e. The van der Waals surface area contributed by atoms with Crippen LogP contribution in [0.4, 0.5) is 5.13 Å². The summed E-state index contributed by atoms with van der Waals surface area (Å²) in [7, 11) is 1.87. The van der Waals surface area contributed by atoms with Crippen LogP contribution in [0.5, 0.6) is 0 Å². The zero-order valence-electron chi connectivity index (χ0n) is 11.4. The maximum absolute atomic E-state index is 6.09. The predicted octanol–water partition coefficient (Wildman–Crippen LogP) is 3.42. The minimum Gasteiger partial charge on any atom is -0.365 e. The lowest BCUT2D eigenvalue weighted by molar-refractivity contribution is 0.837. The Hall–Kier alpha value is -1.98. The van der Waals surface area contributed by atoms with Crippen molar-refractivity contribution in [1.82, 2.24) is 9.97 Å². The molecule has 102 valence electrons. The van der Waals surface area contributed by atoms with Crippen molar-refractivity contribution in [1.29, 1.82) is 0 Å². The number of nitrogens with zero attached hydrogens (tertiary/aromatic N) is 2. The van der Waals surface area contributed by atoms with E-state index in [0.717, 1.165) is 32.2 Å². The molecule has 0 aliphatic carbocycles. The second kappa shape index (κ2) is 5.19. The van der Waals surface area contributed by atoms with Crippen LogP contribution in [0, 0.1) is 0 Å². The third kappa shape index (κ3) is 2.15. The number of benzene rings is 1. The summed E-state index contributed by atoms with van der Waals surface area (Å²) in [6.45, 7) is 1.98. The van der Waals surface area contributed by atoms with Crippen molar-refractivity contribution >= 4 is 27.4 Å². The first kappa shape index (κ1) is 13.0. The number of rotatable bonds is 3. The fourth-order valence-corrected chi connectivity index (χ4v) is 3.12. The van der Waals surface area contributed by atoms with E-state index in [0.29, 0.717) is 0 Å². The molecular weight excluding hydrogens is 268 g/mol. The van der Waals surface area contributed by atoms with Gasteiger partial charge in [0.25, 0.3) is 0 Å². The van der Waals surface area contributed by atoms with Crippen LogP contribution in [0.15, 0.2) is 36.5 Å². The molecule has 0 spiro atoms. The third-order valence-corrected chi connectivity index (χ3v) is 4.44. The van der Waals surface area contributed by atoms with Crippen molar-refractivity contribution in [3.05, 3.63) is 41.4 Å². The molecule has 3 N–H and O–H groups in total. The summed E-state index contributed by atoms with van der Waals surface area (Å²) in [5.41, 5.74) is 9.01. The summed E-state index contributed by atoms with van der Waals surface area (Å²) in [4.78, 5) is 10.2. The molecule has 0 amide bonds. The van der Waals surface area contributed by atoms with E-state index in [1.54, 1.807) is 11.3 Å². The zero-order chi connectivity index (χ0) is 14.1. The van der Waals surface area contributed by atoms with Crippen molar-refractivity contribution in [3.8, 4) is 11.3 Å². The predicted molar refractivity (Wildman–Crippen MR) is 85.0 cm³/mol. The van der Waals surface area contributed by atoms with E-state index in [1.165, 1.54) is 0 Å². The Morgan fingerprint density at radius 3 is 2.80 bits per heavy atom. The van der Waals surface area contributed by atoms with Gasteiger partial charge < -0.3 is 11.1 Å². The van der Waals surface area contributed by atoms with Gasteiger partial charge in [0.1, 0.15) is 0 Å².